The number of nitrogens with zero attached hydrogens (tertiary/aromatic N) is 1. The zero-order chi connectivity index (χ0) is 19.2. The van der Waals surface area contributed by atoms with Crippen molar-refractivity contribution in [2.24, 2.45) is 0 Å². The Morgan fingerprint density at radius 1 is 1.23 bits per heavy atom. The quantitative estimate of drug-likeness (QED) is 0.625. The fraction of sp³-hybridized carbons (Fsp3) is 0.312. The molecule has 0 radical (unpaired) electrons. The first-order chi connectivity index (χ1) is 12.3. The fourth-order valence-corrected chi connectivity index (χ4v) is 3.74. The largest absolute Gasteiger partial charge is 0.349 e. The first-order valence-corrected chi connectivity index (χ1v) is 10.3. The number of carbonyl (C=O) groups excluding carboxylic acids is 2. The number of nitrogens with one attached hydrogen (secondary N) is 3. The number of amides is 2. The minimum Gasteiger partial charge on any atom is -0.349 e. The van der Waals surface area contributed by atoms with Gasteiger partial charge in [-0.15, -0.1) is 11.3 Å². The maximum absolute atomic E-state index is 12.4. The Bertz CT molecular complexity index is 849. The van der Waals surface area contributed by atoms with Crippen LogP contribution in [0.5, 0.6) is 0 Å². The number of aromatic nitrogens is 1. The number of rotatable bonds is 8. The molecule has 1 aromatic carbocycles. The van der Waals surface area contributed by atoms with E-state index in [1.165, 1.54) is 42.5 Å². The molecular weight excluding hydrogens is 376 g/mol. The van der Waals surface area contributed by atoms with Crippen LogP contribution in [-0.2, 0) is 26.2 Å². The molecule has 0 bridgehead atoms. The monoisotopic (exact) mass is 396 g/mol. The summed E-state index contributed by atoms with van der Waals surface area (Å²) in [6.07, 6.45) is 0.329. The van der Waals surface area contributed by atoms with E-state index in [1.54, 1.807) is 17.8 Å². The Kier molecular flexibility index (Phi) is 6.83. The molecule has 10 heteroatoms. The lowest BCUT2D eigenvalue weighted by Crippen LogP contribution is -2.44. The SMILES string of the molecule is CCC(=O)Nc1ccc(S(=O)(=O)N[C@@H](C)C(=O)NCc2cscn2)cc1. The van der Waals surface area contributed by atoms with Gasteiger partial charge in [0.2, 0.25) is 21.8 Å². The van der Waals surface area contributed by atoms with Gasteiger partial charge in [0.05, 0.1) is 28.7 Å². The first-order valence-electron chi connectivity index (χ1n) is 7.89. The van der Waals surface area contributed by atoms with Crippen molar-refractivity contribution >= 4 is 38.9 Å². The summed E-state index contributed by atoms with van der Waals surface area (Å²) in [4.78, 5) is 27.4. The number of carbonyl (C=O) groups is 2. The zero-order valence-electron chi connectivity index (χ0n) is 14.4. The van der Waals surface area contributed by atoms with Gasteiger partial charge in [0.15, 0.2) is 0 Å². The van der Waals surface area contributed by atoms with Gasteiger partial charge < -0.3 is 10.6 Å². The summed E-state index contributed by atoms with van der Waals surface area (Å²) < 4.78 is 27.1. The Labute approximate surface area is 156 Å². The second-order valence-electron chi connectivity index (χ2n) is 5.47. The van der Waals surface area contributed by atoms with Gasteiger partial charge in [-0.3, -0.25) is 9.59 Å². The molecule has 0 aliphatic rings. The highest BCUT2D eigenvalue weighted by molar-refractivity contribution is 7.89. The van der Waals surface area contributed by atoms with Gasteiger partial charge in [-0.25, -0.2) is 13.4 Å². The second-order valence-corrected chi connectivity index (χ2v) is 7.90. The molecule has 0 aliphatic carbocycles. The molecule has 26 heavy (non-hydrogen) atoms. The van der Waals surface area contributed by atoms with Gasteiger partial charge in [0, 0.05) is 17.5 Å². The average molecular weight is 396 g/mol. The second kappa shape index (κ2) is 8.88. The summed E-state index contributed by atoms with van der Waals surface area (Å²) in [5.41, 5.74) is 2.87. The van der Waals surface area contributed by atoms with Crippen LogP contribution in [0.1, 0.15) is 26.0 Å². The topological polar surface area (TPSA) is 117 Å². The van der Waals surface area contributed by atoms with E-state index in [0.29, 0.717) is 17.8 Å². The molecule has 2 amide bonds. The Balaban J connectivity index is 1.96. The van der Waals surface area contributed by atoms with Crippen molar-refractivity contribution in [3.05, 3.63) is 40.8 Å². The van der Waals surface area contributed by atoms with E-state index in [4.69, 9.17) is 0 Å². The number of hydrogen-bond donors (Lipinski definition) is 3. The van der Waals surface area contributed by atoms with Crippen LogP contribution in [0.4, 0.5) is 5.69 Å². The number of benzene rings is 1. The molecule has 0 saturated carbocycles. The van der Waals surface area contributed by atoms with Gasteiger partial charge in [-0.05, 0) is 31.2 Å². The van der Waals surface area contributed by atoms with Crippen molar-refractivity contribution in [1.82, 2.24) is 15.0 Å². The van der Waals surface area contributed by atoms with Gasteiger partial charge >= 0.3 is 0 Å². The average Bonchev–Trinajstić information content (AvgIpc) is 3.13. The van der Waals surface area contributed by atoms with Crippen molar-refractivity contribution in [3.8, 4) is 0 Å². The minimum absolute atomic E-state index is 0.00569. The third-order valence-corrected chi connectivity index (χ3v) is 5.61. The Morgan fingerprint density at radius 3 is 2.50 bits per heavy atom. The molecule has 0 spiro atoms. The van der Waals surface area contributed by atoms with E-state index in [0.717, 1.165) is 0 Å². The van der Waals surface area contributed by atoms with E-state index >= 15 is 0 Å². The van der Waals surface area contributed by atoms with E-state index < -0.39 is 22.0 Å². The normalized spacial score (nSPS) is 12.4. The van der Waals surface area contributed by atoms with Crippen molar-refractivity contribution in [2.75, 3.05) is 5.32 Å². The summed E-state index contributed by atoms with van der Waals surface area (Å²) in [6.45, 7) is 3.42. The van der Waals surface area contributed by atoms with Crippen molar-refractivity contribution in [3.63, 3.8) is 0 Å². The van der Waals surface area contributed by atoms with Gasteiger partial charge in [-0.2, -0.15) is 4.72 Å². The van der Waals surface area contributed by atoms with Crippen molar-refractivity contribution < 1.29 is 18.0 Å². The molecule has 0 unspecified atom stereocenters. The zero-order valence-corrected chi connectivity index (χ0v) is 16.0. The predicted octanol–water partition coefficient (Wildman–Crippen LogP) is 1.47. The number of thiazole rings is 1. The summed E-state index contributed by atoms with van der Waals surface area (Å²) in [5, 5.41) is 7.06. The molecule has 8 nitrogen and oxygen atoms in total. The lowest BCUT2D eigenvalue weighted by Gasteiger charge is -2.14. The maximum Gasteiger partial charge on any atom is 0.241 e. The lowest BCUT2D eigenvalue weighted by molar-refractivity contribution is -0.122. The van der Waals surface area contributed by atoms with Crippen LogP contribution in [0.3, 0.4) is 0 Å². The van der Waals surface area contributed by atoms with Crippen molar-refractivity contribution in [1.29, 1.82) is 0 Å². The molecule has 3 N–H and O–H groups in total. The highest BCUT2D eigenvalue weighted by Crippen LogP contribution is 2.14. The third-order valence-electron chi connectivity index (χ3n) is 3.42. The highest BCUT2D eigenvalue weighted by Gasteiger charge is 2.22. The van der Waals surface area contributed by atoms with E-state index in [9.17, 15) is 18.0 Å². The standard InChI is InChI=1S/C16H20N4O4S2/c1-3-15(21)19-12-4-6-14(7-5-12)26(23,24)20-11(2)16(22)17-8-13-9-25-10-18-13/h4-7,9-11,20H,3,8H2,1-2H3,(H,17,22)(H,19,21)/t11-/m0/s1. The van der Waals surface area contributed by atoms with Crippen LogP contribution in [0, 0.1) is 0 Å². The van der Waals surface area contributed by atoms with Gasteiger partial charge in [0.25, 0.3) is 0 Å². The molecular formula is C16H20N4O4S2. The van der Waals surface area contributed by atoms with Crippen LogP contribution >= 0.6 is 11.3 Å². The summed E-state index contributed by atoms with van der Waals surface area (Å²) >= 11 is 1.41. The molecule has 0 aliphatic heterocycles. The van der Waals surface area contributed by atoms with E-state index in [1.807, 2.05) is 0 Å². The van der Waals surface area contributed by atoms with Crippen molar-refractivity contribution in [2.45, 2.75) is 37.8 Å². The highest BCUT2D eigenvalue weighted by atomic mass is 32.2. The third kappa shape index (κ3) is 5.61. The Morgan fingerprint density at radius 2 is 1.92 bits per heavy atom. The number of sulfonamides is 1. The van der Waals surface area contributed by atoms with Crippen LogP contribution in [-0.4, -0.2) is 31.3 Å². The molecule has 140 valence electrons. The molecule has 1 heterocycles. The van der Waals surface area contributed by atoms with Gasteiger partial charge in [0.1, 0.15) is 0 Å². The molecule has 0 fully saturated rings. The number of hydrogen-bond acceptors (Lipinski definition) is 6. The van der Waals surface area contributed by atoms with Crippen LogP contribution in [0.15, 0.2) is 40.1 Å². The Hall–Kier alpha value is -2.30. The van der Waals surface area contributed by atoms with E-state index in [-0.39, 0.29) is 17.3 Å². The minimum atomic E-state index is -3.86. The lowest BCUT2D eigenvalue weighted by atomic mass is 10.3. The molecule has 1 atom stereocenters. The predicted molar refractivity (Wildman–Crippen MR) is 99.1 cm³/mol. The first kappa shape index (κ1) is 20.0. The van der Waals surface area contributed by atoms with Gasteiger partial charge in [-0.1, -0.05) is 6.92 Å². The molecule has 2 aromatic rings. The summed E-state index contributed by atoms with van der Waals surface area (Å²) in [5.74, 6) is -0.613. The summed E-state index contributed by atoms with van der Waals surface area (Å²) in [7, 11) is -3.86. The molecule has 0 saturated heterocycles. The maximum atomic E-state index is 12.4. The van der Waals surface area contributed by atoms with Crippen LogP contribution < -0.4 is 15.4 Å². The summed E-state index contributed by atoms with van der Waals surface area (Å²) in [6, 6.07) is 4.78. The van der Waals surface area contributed by atoms with Crippen LogP contribution in [0.25, 0.3) is 0 Å². The molecule has 2 rings (SSSR count). The fourth-order valence-electron chi connectivity index (χ4n) is 1.98. The number of anilines is 1. The van der Waals surface area contributed by atoms with Crippen LogP contribution in [0.2, 0.25) is 0 Å². The van der Waals surface area contributed by atoms with E-state index in [2.05, 4.69) is 20.3 Å². The molecule has 1 aromatic heterocycles. The smallest absolute Gasteiger partial charge is 0.241 e.